The number of nitrogens with zero attached hydrogens (tertiary/aromatic N) is 6. The first-order chi connectivity index (χ1) is 8.29. The Morgan fingerprint density at radius 2 is 2.24 bits per heavy atom. The molecule has 8 heteroatoms. The van der Waals surface area contributed by atoms with Gasteiger partial charge in [0.2, 0.25) is 5.95 Å². The van der Waals surface area contributed by atoms with Gasteiger partial charge in [-0.15, -0.1) is 0 Å². The zero-order chi connectivity index (χ0) is 12.1. The molecule has 2 aromatic heterocycles. The van der Waals surface area contributed by atoms with Crippen molar-refractivity contribution in [2.45, 2.75) is 24.9 Å². The molecule has 0 amide bonds. The summed E-state index contributed by atoms with van der Waals surface area (Å²) in [6, 6.07) is 0. The monoisotopic (exact) mass is 251 g/mol. The Balaban J connectivity index is 2.18. The van der Waals surface area contributed by atoms with Crippen molar-refractivity contribution in [1.29, 1.82) is 0 Å². The lowest BCUT2D eigenvalue weighted by Gasteiger charge is -2.03. The molecule has 0 aliphatic heterocycles. The van der Waals surface area contributed by atoms with Gasteiger partial charge in [-0.2, -0.15) is 24.7 Å². The van der Waals surface area contributed by atoms with Gasteiger partial charge in [0.05, 0.1) is 0 Å². The van der Waals surface area contributed by atoms with Crippen LogP contribution in [0.4, 0.5) is 5.95 Å². The summed E-state index contributed by atoms with van der Waals surface area (Å²) < 4.78 is 1.46. The van der Waals surface area contributed by atoms with Gasteiger partial charge in [0.15, 0.2) is 5.16 Å². The van der Waals surface area contributed by atoms with E-state index >= 15 is 0 Å². The molecule has 2 N–H and O–H groups in total. The topological polar surface area (TPSA) is 95.4 Å². The summed E-state index contributed by atoms with van der Waals surface area (Å²) in [4.78, 5) is 16.2. The lowest BCUT2D eigenvalue weighted by Crippen LogP contribution is -2.07. The van der Waals surface area contributed by atoms with Crippen LogP contribution in [-0.2, 0) is 0 Å². The van der Waals surface area contributed by atoms with Gasteiger partial charge >= 0.3 is 0 Å². The van der Waals surface area contributed by atoms with Gasteiger partial charge in [0.1, 0.15) is 12.7 Å². The molecule has 0 aromatic carbocycles. The standard InChI is InChI=1S/C9H13N7S/c1-2-3-4-17-9-14-7(10)13-8(15-9)16-6-11-5-12-16/h5-6H,2-4H2,1H3,(H2,10,13,14,15). The van der Waals surface area contributed by atoms with Crippen molar-refractivity contribution in [3.05, 3.63) is 12.7 Å². The van der Waals surface area contributed by atoms with Crippen molar-refractivity contribution < 1.29 is 0 Å². The molecular weight excluding hydrogens is 238 g/mol. The Bertz CT molecular complexity index is 470. The second-order valence-electron chi connectivity index (χ2n) is 3.32. The molecule has 17 heavy (non-hydrogen) atoms. The molecule has 2 heterocycles. The van der Waals surface area contributed by atoms with E-state index in [4.69, 9.17) is 5.73 Å². The zero-order valence-electron chi connectivity index (χ0n) is 9.44. The minimum atomic E-state index is 0.199. The van der Waals surface area contributed by atoms with E-state index in [0.717, 1.165) is 18.6 Å². The number of thioether (sulfide) groups is 1. The van der Waals surface area contributed by atoms with E-state index in [0.29, 0.717) is 11.1 Å². The summed E-state index contributed by atoms with van der Waals surface area (Å²) in [6.07, 6.45) is 5.21. The van der Waals surface area contributed by atoms with E-state index in [1.165, 1.54) is 17.3 Å². The van der Waals surface area contributed by atoms with Crippen LogP contribution in [-0.4, -0.2) is 35.5 Å². The number of nitrogens with two attached hydrogens (primary N) is 1. The number of nitrogen functional groups attached to an aromatic ring is 1. The normalized spacial score (nSPS) is 10.6. The zero-order valence-corrected chi connectivity index (χ0v) is 10.3. The molecule has 0 saturated heterocycles. The third-order valence-corrected chi connectivity index (χ3v) is 2.91. The summed E-state index contributed by atoms with van der Waals surface area (Å²) in [5, 5.41) is 4.57. The molecule has 90 valence electrons. The first kappa shape index (κ1) is 11.8. The summed E-state index contributed by atoms with van der Waals surface area (Å²) in [5.41, 5.74) is 5.63. The summed E-state index contributed by atoms with van der Waals surface area (Å²) in [5.74, 6) is 1.56. The Hall–Kier alpha value is -1.70. The summed E-state index contributed by atoms with van der Waals surface area (Å²) >= 11 is 1.57. The smallest absolute Gasteiger partial charge is 0.257 e. The predicted molar refractivity (Wildman–Crippen MR) is 64.8 cm³/mol. The van der Waals surface area contributed by atoms with Gasteiger partial charge in [-0.1, -0.05) is 25.1 Å². The molecule has 0 spiro atoms. The van der Waals surface area contributed by atoms with E-state index in [1.807, 2.05) is 0 Å². The SMILES string of the molecule is CCCCSc1nc(N)nc(-n2cncn2)n1. The maximum atomic E-state index is 5.63. The third kappa shape index (κ3) is 3.13. The van der Waals surface area contributed by atoms with Crippen LogP contribution in [0.2, 0.25) is 0 Å². The van der Waals surface area contributed by atoms with E-state index in [1.54, 1.807) is 11.8 Å². The first-order valence-corrected chi connectivity index (χ1v) is 6.27. The van der Waals surface area contributed by atoms with Crippen molar-refractivity contribution in [1.82, 2.24) is 29.7 Å². The maximum Gasteiger partial charge on any atom is 0.257 e. The molecule has 0 aliphatic rings. The van der Waals surface area contributed by atoms with Gasteiger partial charge < -0.3 is 5.73 Å². The van der Waals surface area contributed by atoms with E-state index in [9.17, 15) is 0 Å². The third-order valence-electron chi connectivity index (χ3n) is 1.97. The van der Waals surface area contributed by atoms with E-state index in [2.05, 4.69) is 32.0 Å². The Kier molecular flexibility index (Phi) is 3.86. The number of hydrogen-bond acceptors (Lipinski definition) is 7. The minimum Gasteiger partial charge on any atom is -0.368 e. The predicted octanol–water partition coefficient (Wildman–Crippen LogP) is 0.927. The van der Waals surface area contributed by atoms with Crippen LogP contribution in [0.1, 0.15) is 19.8 Å². The average molecular weight is 251 g/mol. The fraction of sp³-hybridized carbons (Fsp3) is 0.444. The highest BCUT2D eigenvalue weighted by Gasteiger charge is 2.07. The Labute approximate surface area is 103 Å². The van der Waals surface area contributed by atoms with Gasteiger partial charge in [0.25, 0.3) is 5.95 Å². The van der Waals surface area contributed by atoms with Crippen molar-refractivity contribution in [3.8, 4) is 5.95 Å². The highest BCUT2D eigenvalue weighted by molar-refractivity contribution is 7.99. The van der Waals surface area contributed by atoms with Crippen molar-refractivity contribution in [2.75, 3.05) is 11.5 Å². The summed E-state index contributed by atoms with van der Waals surface area (Å²) in [6.45, 7) is 2.14. The summed E-state index contributed by atoms with van der Waals surface area (Å²) in [7, 11) is 0. The molecule has 0 fully saturated rings. The van der Waals surface area contributed by atoms with Crippen molar-refractivity contribution in [2.24, 2.45) is 0 Å². The molecule has 0 bridgehead atoms. The van der Waals surface area contributed by atoms with Crippen LogP contribution in [0, 0.1) is 0 Å². The molecule has 2 aromatic rings. The fourth-order valence-electron chi connectivity index (χ4n) is 1.15. The minimum absolute atomic E-state index is 0.199. The second-order valence-corrected chi connectivity index (χ2v) is 4.38. The number of aromatic nitrogens is 6. The highest BCUT2D eigenvalue weighted by Crippen LogP contribution is 2.16. The molecule has 2 rings (SSSR count). The largest absolute Gasteiger partial charge is 0.368 e. The van der Waals surface area contributed by atoms with Crippen LogP contribution in [0.25, 0.3) is 5.95 Å². The second kappa shape index (κ2) is 5.58. The van der Waals surface area contributed by atoms with Crippen LogP contribution in [0.5, 0.6) is 0 Å². The number of unbranched alkanes of at least 4 members (excludes halogenated alkanes) is 1. The quantitative estimate of drug-likeness (QED) is 0.623. The van der Waals surface area contributed by atoms with Gasteiger partial charge in [0, 0.05) is 5.75 Å². The van der Waals surface area contributed by atoms with Crippen LogP contribution in [0.3, 0.4) is 0 Å². The molecule has 0 aliphatic carbocycles. The molecule has 7 nitrogen and oxygen atoms in total. The first-order valence-electron chi connectivity index (χ1n) is 5.29. The molecule has 0 atom stereocenters. The molecule has 0 unspecified atom stereocenters. The average Bonchev–Trinajstić information content (AvgIpc) is 2.82. The Morgan fingerprint density at radius 1 is 1.35 bits per heavy atom. The Morgan fingerprint density at radius 3 is 2.94 bits per heavy atom. The van der Waals surface area contributed by atoms with Gasteiger partial charge in [-0.25, -0.2) is 4.98 Å². The van der Waals surface area contributed by atoms with Crippen LogP contribution >= 0.6 is 11.8 Å². The number of rotatable bonds is 5. The molecule has 0 saturated carbocycles. The fourth-order valence-corrected chi connectivity index (χ4v) is 2.07. The van der Waals surface area contributed by atoms with Crippen LogP contribution < -0.4 is 5.73 Å². The van der Waals surface area contributed by atoms with E-state index in [-0.39, 0.29) is 5.95 Å². The molecular formula is C9H13N7S. The number of hydrogen-bond donors (Lipinski definition) is 1. The number of anilines is 1. The van der Waals surface area contributed by atoms with Gasteiger partial charge in [-0.3, -0.25) is 0 Å². The molecule has 0 radical (unpaired) electrons. The highest BCUT2D eigenvalue weighted by atomic mass is 32.2. The van der Waals surface area contributed by atoms with Crippen molar-refractivity contribution in [3.63, 3.8) is 0 Å². The van der Waals surface area contributed by atoms with Crippen LogP contribution in [0.15, 0.2) is 17.8 Å². The van der Waals surface area contributed by atoms with Crippen molar-refractivity contribution >= 4 is 17.7 Å². The van der Waals surface area contributed by atoms with Gasteiger partial charge in [-0.05, 0) is 6.42 Å². The van der Waals surface area contributed by atoms with E-state index < -0.39 is 0 Å². The lowest BCUT2D eigenvalue weighted by atomic mass is 10.4. The lowest BCUT2D eigenvalue weighted by molar-refractivity contribution is 0.762. The maximum absolute atomic E-state index is 5.63.